The molecular formula is C22H31N3O2. The van der Waals surface area contributed by atoms with Gasteiger partial charge in [0.25, 0.3) is 5.91 Å². The number of benzene rings is 1. The maximum Gasteiger partial charge on any atom is 0.255 e. The number of carbonyl (C=O) groups is 2. The molecule has 0 atom stereocenters. The van der Waals surface area contributed by atoms with E-state index in [2.05, 4.69) is 48.0 Å². The number of aromatic nitrogens is 1. The van der Waals surface area contributed by atoms with Crippen molar-refractivity contribution in [2.24, 2.45) is 0 Å². The van der Waals surface area contributed by atoms with Gasteiger partial charge in [-0.15, -0.1) is 0 Å². The Morgan fingerprint density at radius 2 is 1.78 bits per heavy atom. The molecule has 0 aliphatic rings. The van der Waals surface area contributed by atoms with Crippen molar-refractivity contribution in [1.29, 1.82) is 0 Å². The van der Waals surface area contributed by atoms with E-state index in [1.54, 1.807) is 11.9 Å². The van der Waals surface area contributed by atoms with Gasteiger partial charge in [0.05, 0.1) is 5.56 Å². The normalized spacial score (nSPS) is 10.9. The summed E-state index contributed by atoms with van der Waals surface area (Å²) in [5.74, 6) is 0.459. The van der Waals surface area contributed by atoms with Gasteiger partial charge in [-0.25, -0.2) is 0 Å². The topological polar surface area (TPSA) is 54.3 Å². The molecule has 0 aliphatic carbocycles. The summed E-state index contributed by atoms with van der Waals surface area (Å²) >= 11 is 0. The lowest BCUT2D eigenvalue weighted by Gasteiger charge is -2.17. The molecule has 5 nitrogen and oxygen atoms in total. The number of hydrogen-bond donors (Lipinski definition) is 1. The van der Waals surface area contributed by atoms with Crippen molar-refractivity contribution in [3.05, 3.63) is 52.8 Å². The van der Waals surface area contributed by atoms with Crippen molar-refractivity contribution < 1.29 is 9.59 Å². The fourth-order valence-corrected chi connectivity index (χ4v) is 3.27. The number of amides is 2. The molecule has 0 radical (unpaired) electrons. The molecule has 1 aromatic heterocycles. The Morgan fingerprint density at radius 1 is 1.15 bits per heavy atom. The molecule has 0 saturated carbocycles. The monoisotopic (exact) mass is 369 g/mol. The molecule has 1 N–H and O–H groups in total. The molecule has 0 saturated heterocycles. The van der Waals surface area contributed by atoms with Gasteiger partial charge in [-0.2, -0.15) is 0 Å². The van der Waals surface area contributed by atoms with E-state index in [1.165, 1.54) is 12.5 Å². The summed E-state index contributed by atoms with van der Waals surface area (Å²) in [6, 6.07) is 10.5. The van der Waals surface area contributed by atoms with Crippen LogP contribution in [0, 0.1) is 13.8 Å². The van der Waals surface area contributed by atoms with Crippen LogP contribution in [0.4, 0.5) is 0 Å². The van der Waals surface area contributed by atoms with Crippen LogP contribution < -0.4 is 5.32 Å². The van der Waals surface area contributed by atoms with Crippen LogP contribution in [0.15, 0.2) is 30.3 Å². The molecular weight excluding hydrogens is 338 g/mol. The first-order valence-electron chi connectivity index (χ1n) is 9.51. The molecule has 1 heterocycles. The van der Waals surface area contributed by atoms with E-state index in [1.807, 2.05) is 19.9 Å². The molecule has 146 valence electrons. The van der Waals surface area contributed by atoms with Crippen molar-refractivity contribution in [3.63, 3.8) is 0 Å². The summed E-state index contributed by atoms with van der Waals surface area (Å²) in [7, 11) is 1.81. The molecule has 0 bridgehead atoms. The second kappa shape index (κ2) is 8.89. The number of aryl methyl sites for hydroxylation is 1. The highest BCUT2D eigenvalue weighted by Crippen LogP contribution is 2.23. The molecule has 0 unspecified atom stereocenters. The van der Waals surface area contributed by atoms with Crippen LogP contribution in [0.25, 0.3) is 5.69 Å². The van der Waals surface area contributed by atoms with Gasteiger partial charge in [-0.1, -0.05) is 26.0 Å². The summed E-state index contributed by atoms with van der Waals surface area (Å²) in [5, 5.41) is 2.76. The zero-order chi connectivity index (χ0) is 20.1. The molecule has 0 spiro atoms. The maximum atomic E-state index is 12.9. The molecule has 0 aliphatic heterocycles. The van der Waals surface area contributed by atoms with Crippen molar-refractivity contribution in [2.75, 3.05) is 20.1 Å². The Labute approximate surface area is 162 Å². The average molecular weight is 370 g/mol. The minimum atomic E-state index is -0.0454. The Kier molecular flexibility index (Phi) is 6.83. The van der Waals surface area contributed by atoms with Crippen molar-refractivity contribution >= 4 is 11.8 Å². The molecule has 2 amide bonds. The zero-order valence-corrected chi connectivity index (χ0v) is 17.3. The number of nitrogens with one attached hydrogen (secondary N) is 1. The second-order valence-electron chi connectivity index (χ2n) is 7.43. The van der Waals surface area contributed by atoms with Gasteiger partial charge in [-0.3, -0.25) is 9.59 Å². The van der Waals surface area contributed by atoms with E-state index in [9.17, 15) is 9.59 Å². The van der Waals surface area contributed by atoms with Gasteiger partial charge in [0.15, 0.2) is 0 Å². The Balaban J connectivity index is 2.16. The van der Waals surface area contributed by atoms with Gasteiger partial charge in [0.2, 0.25) is 5.91 Å². The largest absolute Gasteiger partial charge is 0.356 e. The summed E-state index contributed by atoms with van der Waals surface area (Å²) in [6.07, 6.45) is 0.733. The summed E-state index contributed by atoms with van der Waals surface area (Å²) in [4.78, 5) is 25.5. The number of rotatable bonds is 7. The molecule has 2 rings (SSSR count). The van der Waals surface area contributed by atoms with Crippen molar-refractivity contribution in [1.82, 2.24) is 14.8 Å². The average Bonchev–Trinajstić information content (AvgIpc) is 2.92. The Hall–Kier alpha value is -2.56. The van der Waals surface area contributed by atoms with E-state index in [0.29, 0.717) is 19.0 Å². The highest BCUT2D eigenvalue weighted by atomic mass is 16.2. The van der Waals surface area contributed by atoms with Gasteiger partial charge in [0, 0.05) is 44.1 Å². The van der Waals surface area contributed by atoms with E-state index in [4.69, 9.17) is 0 Å². The van der Waals surface area contributed by atoms with Gasteiger partial charge < -0.3 is 14.8 Å². The number of carbonyl (C=O) groups excluding carboxylic acids is 2. The van der Waals surface area contributed by atoms with Crippen LogP contribution in [0.5, 0.6) is 0 Å². The van der Waals surface area contributed by atoms with Gasteiger partial charge in [-0.05, 0) is 49.9 Å². The van der Waals surface area contributed by atoms with Crippen LogP contribution in [-0.2, 0) is 4.79 Å². The van der Waals surface area contributed by atoms with Gasteiger partial charge in [0.1, 0.15) is 0 Å². The molecule has 5 heteroatoms. The highest BCUT2D eigenvalue weighted by molar-refractivity contribution is 5.95. The third-order valence-electron chi connectivity index (χ3n) is 4.87. The summed E-state index contributed by atoms with van der Waals surface area (Å²) in [5.41, 5.74) is 5.09. The lowest BCUT2D eigenvalue weighted by Crippen LogP contribution is -2.31. The van der Waals surface area contributed by atoms with Crippen LogP contribution in [0.3, 0.4) is 0 Å². The number of nitrogens with zero attached hydrogens (tertiary/aromatic N) is 2. The fraction of sp³-hybridized carbons (Fsp3) is 0.455. The number of hydrogen-bond acceptors (Lipinski definition) is 2. The quantitative estimate of drug-likeness (QED) is 0.755. The highest BCUT2D eigenvalue weighted by Gasteiger charge is 2.19. The lowest BCUT2D eigenvalue weighted by atomic mass is 10.0. The molecule has 2 aromatic rings. The first kappa shape index (κ1) is 20.7. The molecule has 1 aromatic carbocycles. The van der Waals surface area contributed by atoms with Crippen molar-refractivity contribution in [3.8, 4) is 5.69 Å². The Bertz CT molecular complexity index is 804. The SMILES string of the molecule is CC(=O)NCCCN(C)C(=O)c1cc(C)n(-c2ccc(C(C)C)cc2)c1C. The molecule has 27 heavy (non-hydrogen) atoms. The van der Waals surface area contributed by atoms with Crippen LogP contribution in [0.1, 0.15) is 60.4 Å². The first-order valence-corrected chi connectivity index (χ1v) is 9.51. The zero-order valence-electron chi connectivity index (χ0n) is 17.3. The second-order valence-corrected chi connectivity index (χ2v) is 7.43. The smallest absolute Gasteiger partial charge is 0.255 e. The standard InChI is InChI=1S/C22H31N3O2/c1-15(2)19-8-10-20(11-9-19)25-16(3)14-21(17(25)4)22(27)24(6)13-7-12-23-18(5)26/h8-11,14-15H,7,12-13H2,1-6H3,(H,23,26). The van der Waals surface area contributed by atoms with E-state index >= 15 is 0 Å². The predicted molar refractivity (Wildman–Crippen MR) is 110 cm³/mol. The third-order valence-corrected chi connectivity index (χ3v) is 4.87. The third kappa shape index (κ3) is 5.00. The minimum absolute atomic E-state index is 0.0102. The maximum absolute atomic E-state index is 12.9. The van der Waals surface area contributed by atoms with E-state index < -0.39 is 0 Å². The van der Waals surface area contributed by atoms with Crippen LogP contribution in [-0.4, -0.2) is 41.4 Å². The first-order chi connectivity index (χ1) is 12.7. The van der Waals surface area contributed by atoms with E-state index in [0.717, 1.165) is 29.1 Å². The van der Waals surface area contributed by atoms with Crippen LogP contribution in [0.2, 0.25) is 0 Å². The predicted octanol–water partition coefficient (Wildman–Crippen LogP) is 3.82. The Morgan fingerprint density at radius 3 is 2.33 bits per heavy atom. The van der Waals surface area contributed by atoms with Crippen molar-refractivity contribution in [2.45, 2.75) is 47.0 Å². The minimum Gasteiger partial charge on any atom is -0.356 e. The van der Waals surface area contributed by atoms with Gasteiger partial charge >= 0.3 is 0 Å². The lowest BCUT2D eigenvalue weighted by molar-refractivity contribution is -0.118. The molecule has 0 fully saturated rings. The summed E-state index contributed by atoms with van der Waals surface area (Å²) in [6.45, 7) is 11.1. The fourth-order valence-electron chi connectivity index (χ4n) is 3.27. The van der Waals surface area contributed by atoms with Crippen LogP contribution >= 0.6 is 0 Å². The summed E-state index contributed by atoms with van der Waals surface area (Å²) < 4.78 is 2.13. The van der Waals surface area contributed by atoms with E-state index in [-0.39, 0.29) is 11.8 Å².